The smallest absolute Gasteiger partial charge is 0.0294 e. The number of rotatable bonds is 4. The molecule has 0 amide bonds. The zero-order chi connectivity index (χ0) is 13.0. The fraction of sp³-hybridized carbons (Fsp3) is 0.600. The van der Waals surface area contributed by atoms with Gasteiger partial charge in [-0.05, 0) is 50.1 Å². The van der Waals surface area contributed by atoms with Crippen LogP contribution in [0.3, 0.4) is 0 Å². The molecule has 0 saturated heterocycles. The summed E-state index contributed by atoms with van der Waals surface area (Å²) in [7, 11) is 0. The number of hydrogen-bond donors (Lipinski definition) is 2. The van der Waals surface area contributed by atoms with Gasteiger partial charge in [-0.25, -0.2) is 0 Å². The molecule has 2 rings (SSSR count). The molecule has 2 nitrogen and oxygen atoms in total. The Morgan fingerprint density at radius 1 is 1.28 bits per heavy atom. The minimum Gasteiger partial charge on any atom is -0.328 e. The fourth-order valence-corrected chi connectivity index (χ4v) is 3.13. The number of benzene rings is 1. The third-order valence-electron chi connectivity index (χ3n) is 3.82. The van der Waals surface area contributed by atoms with Crippen LogP contribution in [0.2, 0.25) is 0 Å². The van der Waals surface area contributed by atoms with Gasteiger partial charge in [0.1, 0.15) is 0 Å². The summed E-state index contributed by atoms with van der Waals surface area (Å²) in [5, 5.41) is 3.72. The highest BCUT2D eigenvalue weighted by Crippen LogP contribution is 2.22. The van der Waals surface area contributed by atoms with E-state index in [2.05, 4.69) is 42.8 Å². The molecule has 18 heavy (non-hydrogen) atoms. The topological polar surface area (TPSA) is 38.0 Å². The molecule has 1 aliphatic carbocycles. The molecule has 0 aliphatic heterocycles. The lowest BCUT2D eigenvalue weighted by Gasteiger charge is -2.30. The maximum atomic E-state index is 6.03. The van der Waals surface area contributed by atoms with Crippen molar-refractivity contribution in [3.63, 3.8) is 0 Å². The Morgan fingerprint density at radius 3 is 2.61 bits per heavy atom. The first-order chi connectivity index (χ1) is 8.69. The van der Waals surface area contributed by atoms with Crippen molar-refractivity contribution in [3.8, 4) is 0 Å². The molecule has 3 N–H and O–H groups in total. The van der Waals surface area contributed by atoms with Crippen molar-refractivity contribution in [1.29, 1.82) is 0 Å². The summed E-state index contributed by atoms with van der Waals surface area (Å²) in [4.78, 5) is 1.32. The van der Waals surface area contributed by atoms with Gasteiger partial charge < -0.3 is 11.1 Å². The predicted octanol–water partition coefficient (Wildman–Crippen LogP) is 3.33. The molecule has 1 saturated carbocycles. The lowest BCUT2D eigenvalue weighted by atomic mass is 9.91. The Kier molecular flexibility index (Phi) is 5.10. The Balaban J connectivity index is 1.91. The molecule has 0 radical (unpaired) electrons. The van der Waals surface area contributed by atoms with E-state index in [1.165, 1.54) is 29.7 Å². The second-order valence-electron chi connectivity index (χ2n) is 5.29. The third kappa shape index (κ3) is 3.74. The quantitative estimate of drug-likeness (QED) is 0.819. The van der Waals surface area contributed by atoms with Gasteiger partial charge in [-0.2, -0.15) is 0 Å². The Labute approximate surface area is 115 Å². The van der Waals surface area contributed by atoms with Gasteiger partial charge in [-0.3, -0.25) is 0 Å². The van der Waals surface area contributed by atoms with Crippen LogP contribution >= 0.6 is 11.8 Å². The van der Waals surface area contributed by atoms with Crippen molar-refractivity contribution in [1.82, 2.24) is 5.32 Å². The normalized spacial score (nSPS) is 25.9. The third-order valence-corrected chi connectivity index (χ3v) is 4.56. The van der Waals surface area contributed by atoms with Gasteiger partial charge in [0.25, 0.3) is 0 Å². The summed E-state index contributed by atoms with van der Waals surface area (Å²) in [5.41, 5.74) is 7.40. The molecule has 0 heterocycles. The maximum absolute atomic E-state index is 6.03. The van der Waals surface area contributed by atoms with Crippen LogP contribution in [-0.4, -0.2) is 18.3 Å². The van der Waals surface area contributed by atoms with E-state index in [0.717, 1.165) is 6.42 Å². The highest BCUT2D eigenvalue weighted by atomic mass is 32.2. The van der Waals surface area contributed by atoms with Crippen LogP contribution in [-0.2, 0) is 0 Å². The molecule has 1 aromatic carbocycles. The molecular weight excluding hydrogens is 240 g/mol. The van der Waals surface area contributed by atoms with Crippen LogP contribution in [0, 0.1) is 0 Å². The van der Waals surface area contributed by atoms with E-state index in [4.69, 9.17) is 5.73 Å². The van der Waals surface area contributed by atoms with Crippen molar-refractivity contribution in [3.05, 3.63) is 29.8 Å². The SMILES string of the molecule is CSc1ccc(C(C)NC2CCCC(N)C2)cc1. The fourth-order valence-electron chi connectivity index (χ4n) is 2.72. The Bertz CT molecular complexity index is 363. The van der Waals surface area contributed by atoms with Crippen molar-refractivity contribution in [2.45, 2.75) is 55.6 Å². The highest BCUT2D eigenvalue weighted by molar-refractivity contribution is 7.98. The molecule has 0 spiro atoms. The first-order valence-electron chi connectivity index (χ1n) is 6.84. The summed E-state index contributed by atoms with van der Waals surface area (Å²) in [6.45, 7) is 2.24. The molecule has 3 unspecified atom stereocenters. The minimum absolute atomic E-state index is 0.391. The van der Waals surface area contributed by atoms with Gasteiger partial charge in [0, 0.05) is 23.0 Å². The van der Waals surface area contributed by atoms with Crippen molar-refractivity contribution in [2.24, 2.45) is 5.73 Å². The Hall–Kier alpha value is -0.510. The molecule has 0 bridgehead atoms. The summed E-state index contributed by atoms with van der Waals surface area (Å²) in [6.07, 6.45) is 6.94. The van der Waals surface area contributed by atoms with Crippen LogP contribution in [0.5, 0.6) is 0 Å². The molecule has 1 aliphatic rings. The lowest BCUT2D eigenvalue weighted by molar-refractivity contribution is 0.319. The molecule has 3 heteroatoms. The van der Waals surface area contributed by atoms with Crippen LogP contribution in [0.15, 0.2) is 29.2 Å². The van der Waals surface area contributed by atoms with Gasteiger partial charge in [0.2, 0.25) is 0 Å². The first kappa shape index (κ1) is 13.9. The van der Waals surface area contributed by atoms with Crippen molar-refractivity contribution in [2.75, 3.05) is 6.26 Å². The summed E-state index contributed by atoms with van der Waals surface area (Å²) in [6, 6.07) is 10.2. The van der Waals surface area contributed by atoms with Gasteiger partial charge in [-0.1, -0.05) is 18.6 Å². The van der Waals surface area contributed by atoms with E-state index in [0.29, 0.717) is 18.1 Å². The zero-order valence-electron chi connectivity index (χ0n) is 11.4. The van der Waals surface area contributed by atoms with E-state index < -0.39 is 0 Å². The van der Waals surface area contributed by atoms with E-state index in [1.807, 2.05) is 0 Å². The lowest BCUT2D eigenvalue weighted by Crippen LogP contribution is -2.40. The standard InChI is InChI=1S/C15H24N2S/c1-11(12-6-8-15(18-2)9-7-12)17-14-5-3-4-13(16)10-14/h6-9,11,13-14,17H,3-5,10,16H2,1-2H3. The first-order valence-corrected chi connectivity index (χ1v) is 8.07. The number of hydrogen-bond acceptors (Lipinski definition) is 3. The Morgan fingerprint density at radius 2 is 2.00 bits per heavy atom. The van der Waals surface area contributed by atoms with Crippen LogP contribution < -0.4 is 11.1 Å². The summed E-state index contributed by atoms with van der Waals surface area (Å²) >= 11 is 1.79. The van der Waals surface area contributed by atoms with E-state index in [9.17, 15) is 0 Å². The number of thioether (sulfide) groups is 1. The minimum atomic E-state index is 0.391. The largest absolute Gasteiger partial charge is 0.328 e. The zero-order valence-corrected chi connectivity index (χ0v) is 12.2. The molecular formula is C15H24N2S. The van der Waals surface area contributed by atoms with E-state index in [1.54, 1.807) is 11.8 Å². The van der Waals surface area contributed by atoms with Gasteiger partial charge >= 0.3 is 0 Å². The van der Waals surface area contributed by atoms with E-state index >= 15 is 0 Å². The van der Waals surface area contributed by atoms with Crippen LogP contribution in [0.4, 0.5) is 0 Å². The molecule has 1 aromatic rings. The van der Waals surface area contributed by atoms with Gasteiger partial charge in [0.15, 0.2) is 0 Å². The van der Waals surface area contributed by atoms with Crippen LogP contribution in [0.25, 0.3) is 0 Å². The molecule has 0 aromatic heterocycles. The number of nitrogens with one attached hydrogen (secondary N) is 1. The van der Waals surface area contributed by atoms with E-state index in [-0.39, 0.29) is 0 Å². The van der Waals surface area contributed by atoms with Crippen LogP contribution in [0.1, 0.15) is 44.2 Å². The second-order valence-corrected chi connectivity index (χ2v) is 6.16. The van der Waals surface area contributed by atoms with Crippen molar-refractivity contribution >= 4 is 11.8 Å². The monoisotopic (exact) mass is 264 g/mol. The number of nitrogens with two attached hydrogens (primary N) is 1. The predicted molar refractivity (Wildman–Crippen MR) is 80.0 cm³/mol. The average Bonchev–Trinajstić information content (AvgIpc) is 2.39. The van der Waals surface area contributed by atoms with Crippen molar-refractivity contribution < 1.29 is 0 Å². The molecule has 3 atom stereocenters. The maximum Gasteiger partial charge on any atom is 0.0294 e. The molecule has 100 valence electrons. The second kappa shape index (κ2) is 6.60. The average molecular weight is 264 g/mol. The highest BCUT2D eigenvalue weighted by Gasteiger charge is 2.20. The van der Waals surface area contributed by atoms with Gasteiger partial charge in [-0.15, -0.1) is 11.8 Å². The molecule has 1 fully saturated rings. The summed E-state index contributed by atoms with van der Waals surface area (Å²) in [5.74, 6) is 0. The summed E-state index contributed by atoms with van der Waals surface area (Å²) < 4.78 is 0. The van der Waals surface area contributed by atoms with Gasteiger partial charge in [0.05, 0.1) is 0 Å².